The van der Waals surface area contributed by atoms with Gasteiger partial charge >= 0.3 is 138 Å². The number of ether oxygens (including phenoxy) is 1. The van der Waals surface area contributed by atoms with E-state index in [0.717, 1.165) is 42.3 Å². The van der Waals surface area contributed by atoms with E-state index >= 15 is 0 Å². The summed E-state index contributed by atoms with van der Waals surface area (Å²) in [5.74, 6) is 5.82. The van der Waals surface area contributed by atoms with Gasteiger partial charge in [0, 0.05) is 42.4 Å². The first-order chi connectivity index (χ1) is 21.9. The molecular formula is C32H55BrClCs2NO7S4. The van der Waals surface area contributed by atoms with Crippen molar-refractivity contribution in [2.24, 2.45) is 5.73 Å². The van der Waals surface area contributed by atoms with Crippen LogP contribution in [-0.2, 0) is 19.3 Å². The Kier molecular flexibility index (Phi) is 85.2. The van der Waals surface area contributed by atoms with Gasteiger partial charge in [-0.2, -0.15) is 0 Å². The van der Waals surface area contributed by atoms with Crippen molar-refractivity contribution in [1.82, 2.24) is 0 Å². The number of rotatable bonds is 19. The summed E-state index contributed by atoms with van der Waals surface area (Å²) in [6.07, 6.45) is 4.47. The molecule has 0 saturated carbocycles. The standard InChI is InChI=1S/C13H19NO2S2.C8H15BrOS2.C6H6O.2C2H6.CH2O3.ClH.2Cs.H/c14-8-10-18-17-9-4-5-12(15)11-16-13-6-2-1-3-7-13;1-2-5-11-12-6-3-4-8(10)7-9;7-6-4-2-1-3-5-6;2*1-2;2-1-4-3;;;;/h1-3,6-7H,4-5,8-11,14H2;2-7H2,1H3;1-5,7H;2*1-2H3;1,3H;1H;;;/q;;;;;;;2*+1;-1/p-1. The third-order valence-electron chi connectivity index (χ3n) is 4.11. The fourth-order valence-corrected chi connectivity index (χ4v) is 6.72. The second-order valence-electron chi connectivity index (χ2n) is 7.62. The number of carbonyl (C=O) groups is 3. The summed E-state index contributed by atoms with van der Waals surface area (Å²) >= 11 is 3.15. The predicted molar refractivity (Wildman–Crippen MR) is 210 cm³/mol. The van der Waals surface area contributed by atoms with Crippen LogP contribution in [0.1, 0.15) is 68.1 Å². The van der Waals surface area contributed by atoms with Crippen LogP contribution in [0.5, 0.6) is 11.5 Å². The third kappa shape index (κ3) is 61.1. The van der Waals surface area contributed by atoms with Gasteiger partial charge in [0.1, 0.15) is 23.9 Å². The van der Waals surface area contributed by atoms with Crippen LogP contribution in [0.3, 0.4) is 0 Å². The molecule has 0 heterocycles. The molecule has 0 amide bonds. The third-order valence-corrected chi connectivity index (χ3v) is 9.96. The van der Waals surface area contributed by atoms with Gasteiger partial charge in [0.25, 0.3) is 6.47 Å². The Morgan fingerprint density at radius 1 is 0.833 bits per heavy atom. The second kappa shape index (κ2) is 62.1. The molecule has 3 N–H and O–H groups in total. The predicted octanol–water partition coefficient (Wildman–Crippen LogP) is 2.70. The van der Waals surface area contributed by atoms with Gasteiger partial charge in [-0.1, -0.05) is 130 Å². The second-order valence-corrected chi connectivity index (χ2v) is 13.6. The fourth-order valence-electron chi connectivity index (χ4n) is 2.27. The monoisotopic (exact) mass is 1070 g/mol. The molecular weight excluding hydrogens is 1020 g/mol. The van der Waals surface area contributed by atoms with Crippen LogP contribution >= 0.6 is 71.5 Å². The number of phenols is 1. The summed E-state index contributed by atoms with van der Waals surface area (Å²) in [5.41, 5.74) is 5.38. The summed E-state index contributed by atoms with van der Waals surface area (Å²) in [5, 5.41) is 17.6. The van der Waals surface area contributed by atoms with Gasteiger partial charge in [-0.25, -0.2) is 0 Å². The summed E-state index contributed by atoms with van der Waals surface area (Å²) in [4.78, 5) is 33.6. The summed E-state index contributed by atoms with van der Waals surface area (Å²) in [6, 6.07) is 18.1. The van der Waals surface area contributed by atoms with Crippen LogP contribution in [0.15, 0.2) is 60.7 Å². The molecule has 0 bridgehead atoms. The van der Waals surface area contributed by atoms with E-state index in [4.69, 9.17) is 25.6 Å². The molecule has 0 radical (unpaired) electrons. The van der Waals surface area contributed by atoms with Crippen molar-refractivity contribution in [2.45, 2.75) is 66.7 Å². The number of para-hydroxylation sites is 2. The number of alkyl halides is 1. The van der Waals surface area contributed by atoms with Gasteiger partial charge in [0.15, 0.2) is 5.78 Å². The Hall–Kier alpha value is 3.04. The van der Waals surface area contributed by atoms with Gasteiger partial charge in [-0.05, 0) is 43.5 Å². The molecule has 48 heavy (non-hydrogen) atoms. The van der Waals surface area contributed by atoms with Gasteiger partial charge < -0.3 is 27.1 Å². The van der Waals surface area contributed by atoms with Crippen molar-refractivity contribution in [1.29, 1.82) is 0 Å². The van der Waals surface area contributed by atoms with Crippen LogP contribution in [0, 0.1) is 0 Å². The van der Waals surface area contributed by atoms with Crippen molar-refractivity contribution in [2.75, 3.05) is 41.5 Å². The number of phenolic OH excluding ortho intramolecular Hbond substituents is 1. The minimum atomic E-state index is -0.181. The number of aromatic hydroxyl groups is 1. The Morgan fingerprint density at radius 2 is 1.25 bits per heavy atom. The number of carbonyl (C=O) groups excluding carboxylic acids is 3. The molecule has 0 aliphatic heterocycles. The molecule has 2 rings (SSSR count). The maximum atomic E-state index is 11.5. The average molecular weight is 1080 g/mol. The number of nitrogens with two attached hydrogens (primary N) is 1. The number of halogens is 2. The molecule has 0 atom stereocenters. The van der Waals surface area contributed by atoms with Crippen LogP contribution < -0.4 is 154 Å². The number of ketones is 2. The molecule has 8 nitrogen and oxygen atoms in total. The maximum absolute atomic E-state index is 11.5. The van der Waals surface area contributed by atoms with Crippen LogP contribution in [-0.4, -0.2) is 64.6 Å². The largest absolute Gasteiger partial charge is 1.00 e. The molecule has 270 valence electrons. The van der Waals surface area contributed by atoms with Gasteiger partial charge in [0.2, 0.25) is 0 Å². The molecule has 0 aliphatic carbocycles. The minimum absolute atomic E-state index is 0. The zero-order chi connectivity index (χ0) is 34.8. The van der Waals surface area contributed by atoms with Crippen molar-refractivity contribution in [3.63, 3.8) is 0 Å². The maximum Gasteiger partial charge on any atom is 1.00 e. The normalized spacial score (nSPS) is 8.33. The summed E-state index contributed by atoms with van der Waals surface area (Å²) < 4.78 is 5.39. The van der Waals surface area contributed by atoms with Crippen LogP contribution in [0.25, 0.3) is 0 Å². The van der Waals surface area contributed by atoms with E-state index in [0.29, 0.717) is 29.8 Å². The number of benzene rings is 2. The molecule has 0 fully saturated rings. The molecule has 0 spiro atoms. The van der Waals surface area contributed by atoms with E-state index < -0.39 is 0 Å². The molecule has 16 heteroatoms. The summed E-state index contributed by atoms with van der Waals surface area (Å²) in [7, 11) is 7.33. The van der Waals surface area contributed by atoms with Crippen molar-refractivity contribution >= 4 is 89.6 Å². The zero-order valence-corrected chi connectivity index (χ0v) is 48.0. The first kappa shape index (κ1) is 65.9. The molecule has 0 aromatic heterocycles. The Balaban J connectivity index is -0.0000000788. The van der Waals surface area contributed by atoms with Gasteiger partial charge in [-0.15, -0.1) is 12.4 Å². The Bertz CT molecular complexity index is 884. The molecule has 0 saturated heterocycles. The average Bonchev–Trinajstić information content (AvgIpc) is 3.10. The van der Waals surface area contributed by atoms with Gasteiger partial charge in [-0.3, -0.25) is 14.4 Å². The smallest absolute Gasteiger partial charge is 1.00 e. The first-order valence-electron chi connectivity index (χ1n) is 14.9. The fraction of sp³-hybridized carbons (Fsp3) is 0.531. The topological polar surface area (TPSA) is 139 Å². The van der Waals surface area contributed by atoms with Crippen molar-refractivity contribution < 1.29 is 174 Å². The summed E-state index contributed by atoms with van der Waals surface area (Å²) in [6.45, 7) is 10.9. The SMILES string of the molecule is CC.CC.CCCSSCCCC(=O)CBr.Cl.NCCSSCCCC(=O)COc1ccccc1.O=CO[O-].Oc1ccccc1.[Cs+].[Cs+].[H-]. The number of hydrogen-bond donors (Lipinski definition) is 2. The Labute approximate surface area is 440 Å². The zero-order valence-electron chi connectivity index (χ0n) is 30.7. The van der Waals surface area contributed by atoms with E-state index in [1.807, 2.05) is 85.7 Å². The van der Waals surface area contributed by atoms with Crippen LogP contribution in [0.4, 0.5) is 0 Å². The quantitative estimate of drug-likeness (QED) is 0.0535. The Morgan fingerprint density at radius 3 is 1.62 bits per heavy atom. The van der Waals surface area contributed by atoms with E-state index in [2.05, 4.69) is 27.7 Å². The van der Waals surface area contributed by atoms with E-state index in [9.17, 15) is 9.59 Å². The minimum Gasteiger partial charge on any atom is -1.00 e. The van der Waals surface area contributed by atoms with E-state index in [-0.39, 0.29) is 170 Å². The molecule has 0 aliphatic rings. The molecule has 2 aromatic rings. The first-order valence-corrected chi connectivity index (χ1v) is 21.0. The van der Waals surface area contributed by atoms with E-state index in [1.54, 1.807) is 45.9 Å². The van der Waals surface area contributed by atoms with Crippen molar-refractivity contribution in [3.05, 3.63) is 60.7 Å². The van der Waals surface area contributed by atoms with Gasteiger partial charge in [0.05, 0.1) is 5.33 Å². The molecule has 0 unspecified atom stereocenters. The number of Topliss-reactive ketones (excluding diaryl/α,β-unsaturated/α-hetero) is 2. The van der Waals surface area contributed by atoms with Crippen LogP contribution in [0.2, 0.25) is 0 Å². The molecule has 2 aromatic carbocycles. The van der Waals surface area contributed by atoms with E-state index in [1.165, 1.54) is 12.2 Å². The van der Waals surface area contributed by atoms with Crippen molar-refractivity contribution in [3.8, 4) is 11.5 Å². The number of hydrogen-bond acceptors (Lipinski definition) is 12.